The highest BCUT2D eigenvalue weighted by molar-refractivity contribution is 9.10. The highest BCUT2D eigenvalue weighted by atomic mass is 79.9. The van der Waals surface area contributed by atoms with Crippen LogP contribution in [0.1, 0.15) is 16.1 Å². The standard InChI is InChI=1S/C16H11BrO3/c17-14-7-3-2-6-13(14)16(18)19-10-12-9-11-5-1-4-8-15(11)20-12/h1-9H,10H2. The van der Waals surface area contributed by atoms with E-state index in [-0.39, 0.29) is 12.6 Å². The maximum atomic E-state index is 12.0. The summed E-state index contributed by atoms with van der Waals surface area (Å²) in [6.07, 6.45) is 0. The molecule has 0 saturated carbocycles. The number of carbonyl (C=O) groups excluding carboxylic acids is 1. The quantitative estimate of drug-likeness (QED) is 0.661. The number of hydrogen-bond acceptors (Lipinski definition) is 3. The maximum absolute atomic E-state index is 12.0. The summed E-state index contributed by atoms with van der Waals surface area (Å²) in [5, 5.41) is 0.999. The number of rotatable bonds is 3. The largest absolute Gasteiger partial charge is 0.457 e. The number of ether oxygens (including phenoxy) is 1. The van der Waals surface area contributed by atoms with Crippen molar-refractivity contribution < 1.29 is 13.9 Å². The van der Waals surface area contributed by atoms with E-state index in [0.717, 1.165) is 15.4 Å². The summed E-state index contributed by atoms with van der Waals surface area (Å²) in [6, 6.07) is 16.7. The first-order valence-corrected chi connectivity index (χ1v) is 6.92. The second kappa shape index (κ2) is 5.51. The molecule has 0 bridgehead atoms. The summed E-state index contributed by atoms with van der Waals surface area (Å²) >= 11 is 3.33. The molecule has 100 valence electrons. The van der Waals surface area contributed by atoms with Crippen molar-refractivity contribution in [1.82, 2.24) is 0 Å². The van der Waals surface area contributed by atoms with E-state index in [1.165, 1.54) is 0 Å². The molecule has 3 rings (SSSR count). The SMILES string of the molecule is O=C(OCc1cc2ccccc2o1)c1ccccc1Br. The number of fused-ring (bicyclic) bond motifs is 1. The lowest BCUT2D eigenvalue weighted by atomic mass is 10.2. The summed E-state index contributed by atoms with van der Waals surface area (Å²) < 4.78 is 11.6. The minimum Gasteiger partial charge on any atom is -0.457 e. The normalized spacial score (nSPS) is 10.7. The van der Waals surface area contributed by atoms with E-state index in [4.69, 9.17) is 9.15 Å². The predicted octanol–water partition coefficient (Wildman–Crippen LogP) is 4.55. The lowest BCUT2D eigenvalue weighted by Gasteiger charge is -2.04. The molecule has 0 unspecified atom stereocenters. The Morgan fingerprint density at radius 1 is 1.10 bits per heavy atom. The van der Waals surface area contributed by atoms with Crippen LogP contribution < -0.4 is 0 Å². The van der Waals surface area contributed by atoms with Crippen molar-refractivity contribution >= 4 is 32.9 Å². The molecule has 1 aromatic heterocycles. The molecule has 3 aromatic rings. The minimum atomic E-state index is -0.377. The zero-order chi connectivity index (χ0) is 13.9. The van der Waals surface area contributed by atoms with Crippen LogP contribution in [0.2, 0.25) is 0 Å². The number of halogens is 1. The first-order valence-electron chi connectivity index (χ1n) is 6.13. The van der Waals surface area contributed by atoms with Gasteiger partial charge in [0.05, 0.1) is 5.56 Å². The predicted molar refractivity (Wildman–Crippen MR) is 79.5 cm³/mol. The van der Waals surface area contributed by atoms with Crippen LogP contribution in [-0.2, 0) is 11.3 Å². The van der Waals surface area contributed by atoms with Gasteiger partial charge in [0.25, 0.3) is 0 Å². The van der Waals surface area contributed by atoms with E-state index in [9.17, 15) is 4.79 Å². The lowest BCUT2D eigenvalue weighted by molar-refractivity contribution is 0.0446. The van der Waals surface area contributed by atoms with Gasteiger partial charge in [0, 0.05) is 9.86 Å². The number of esters is 1. The Balaban J connectivity index is 1.73. The third-order valence-electron chi connectivity index (χ3n) is 2.92. The minimum absolute atomic E-state index is 0.120. The number of carbonyl (C=O) groups is 1. The fourth-order valence-electron chi connectivity index (χ4n) is 1.95. The second-order valence-electron chi connectivity index (χ2n) is 4.31. The molecule has 3 nitrogen and oxygen atoms in total. The summed E-state index contributed by atoms with van der Waals surface area (Å²) in [4.78, 5) is 12.0. The average molecular weight is 331 g/mol. The summed E-state index contributed by atoms with van der Waals surface area (Å²) in [6.45, 7) is 0.120. The molecule has 0 N–H and O–H groups in total. The van der Waals surface area contributed by atoms with Crippen molar-refractivity contribution in [2.45, 2.75) is 6.61 Å². The van der Waals surface area contributed by atoms with Gasteiger partial charge in [0.1, 0.15) is 18.0 Å². The van der Waals surface area contributed by atoms with Gasteiger partial charge in [-0.2, -0.15) is 0 Å². The molecule has 0 saturated heterocycles. The Hall–Kier alpha value is -2.07. The van der Waals surface area contributed by atoms with Crippen LogP contribution in [0.3, 0.4) is 0 Å². The number of para-hydroxylation sites is 1. The van der Waals surface area contributed by atoms with Crippen molar-refractivity contribution in [3.05, 3.63) is 70.4 Å². The molecule has 0 atom stereocenters. The molecule has 4 heteroatoms. The van der Waals surface area contributed by atoms with Crippen LogP contribution in [0.25, 0.3) is 11.0 Å². The highest BCUT2D eigenvalue weighted by Crippen LogP contribution is 2.21. The van der Waals surface area contributed by atoms with Crippen LogP contribution >= 0.6 is 15.9 Å². The molecule has 1 heterocycles. The van der Waals surface area contributed by atoms with E-state index >= 15 is 0 Å². The van der Waals surface area contributed by atoms with Gasteiger partial charge >= 0.3 is 5.97 Å². The Morgan fingerprint density at radius 3 is 2.65 bits per heavy atom. The van der Waals surface area contributed by atoms with Crippen LogP contribution in [0, 0.1) is 0 Å². The van der Waals surface area contributed by atoms with Crippen LogP contribution in [0.15, 0.2) is 63.5 Å². The maximum Gasteiger partial charge on any atom is 0.339 e. The zero-order valence-electron chi connectivity index (χ0n) is 10.5. The molecule has 0 fully saturated rings. The molecule has 20 heavy (non-hydrogen) atoms. The smallest absolute Gasteiger partial charge is 0.339 e. The number of hydrogen-bond donors (Lipinski definition) is 0. The highest BCUT2D eigenvalue weighted by Gasteiger charge is 2.12. The van der Waals surface area contributed by atoms with Crippen molar-refractivity contribution in [2.75, 3.05) is 0 Å². The van der Waals surface area contributed by atoms with Gasteiger partial charge in [-0.15, -0.1) is 0 Å². The van der Waals surface area contributed by atoms with Crippen LogP contribution in [0.4, 0.5) is 0 Å². The van der Waals surface area contributed by atoms with Gasteiger partial charge < -0.3 is 9.15 Å². The van der Waals surface area contributed by atoms with Gasteiger partial charge in [0.2, 0.25) is 0 Å². The summed E-state index contributed by atoms with van der Waals surface area (Å²) in [5.41, 5.74) is 1.29. The third-order valence-corrected chi connectivity index (χ3v) is 3.61. The molecule has 0 amide bonds. The molecule has 0 spiro atoms. The van der Waals surface area contributed by atoms with Crippen molar-refractivity contribution in [3.8, 4) is 0 Å². The van der Waals surface area contributed by atoms with Gasteiger partial charge in [0.15, 0.2) is 0 Å². The van der Waals surface area contributed by atoms with Crippen molar-refractivity contribution in [1.29, 1.82) is 0 Å². The topological polar surface area (TPSA) is 39.4 Å². The third kappa shape index (κ3) is 2.60. The molecule has 0 radical (unpaired) electrons. The van der Waals surface area contributed by atoms with E-state index in [1.54, 1.807) is 18.2 Å². The molecular formula is C16H11BrO3. The average Bonchev–Trinajstić information content (AvgIpc) is 2.88. The van der Waals surface area contributed by atoms with Gasteiger partial charge in [-0.25, -0.2) is 4.79 Å². The first kappa shape index (κ1) is 12.9. The van der Waals surface area contributed by atoms with Gasteiger partial charge in [-0.3, -0.25) is 0 Å². The molecule has 2 aromatic carbocycles. The van der Waals surface area contributed by atoms with Crippen molar-refractivity contribution in [3.63, 3.8) is 0 Å². The Kier molecular flexibility index (Phi) is 3.56. The number of benzene rings is 2. The van der Waals surface area contributed by atoms with E-state index in [0.29, 0.717) is 11.3 Å². The number of furan rings is 1. The molecule has 0 aliphatic rings. The molecule has 0 aliphatic heterocycles. The van der Waals surface area contributed by atoms with Gasteiger partial charge in [-0.1, -0.05) is 30.3 Å². The Morgan fingerprint density at radius 2 is 1.85 bits per heavy atom. The second-order valence-corrected chi connectivity index (χ2v) is 5.16. The summed E-state index contributed by atoms with van der Waals surface area (Å²) in [5.74, 6) is 0.254. The van der Waals surface area contributed by atoms with Crippen LogP contribution in [0.5, 0.6) is 0 Å². The van der Waals surface area contributed by atoms with Gasteiger partial charge in [-0.05, 0) is 40.2 Å². The van der Waals surface area contributed by atoms with Crippen LogP contribution in [-0.4, -0.2) is 5.97 Å². The Bertz CT molecular complexity index is 728. The fourth-order valence-corrected chi connectivity index (χ4v) is 2.40. The first-order chi connectivity index (χ1) is 9.74. The summed E-state index contributed by atoms with van der Waals surface area (Å²) in [7, 11) is 0. The fraction of sp³-hybridized carbons (Fsp3) is 0.0625. The Labute approximate surface area is 124 Å². The monoisotopic (exact) mass is 330 g/mol. The molecule has 0 aliphatic carbocycles. The van der Waals surface area contributed by atoms with E-state index in [1.807, 2.05) is 36.4 Å². The molecular weight excluding hydrogens is 320 g/mol. The zero-order valence-corrected chi connectivity index (χ0v) is 12.1. The van der Waals surface area contributed by atoms with E-state index < -0.39 is 0 Å². The van der Waals surface area contributed by atoms with Crippen molar-refractivity contribution in [2.24, 2.45) is 0 Å². The lowest BCUT2D eigenvalue weighted by Crippen LogP contribution is -2.05. The van der Waals surface area contributed by atoms with E-state index in [2.05, 4.69) is 15.9 Å².